The second-order valence-electron chi connectivity index (χ2n) is 4.11. The molecule has 0 amide bonds. The number of benzene rings is 1. The number of hydrogen-bond donors (Lipinski definition) is 1. The van der Waals surface area contributed by atoms with Gasteiger partial charge in [0.15, 0.2) is 11.5 Å². The zero-order valence-electron chi connectivity index (χ0n) is 10.3. The van der Waals surface area contributed by atoms with E-state index in [1.807, 2.05) is 0 Å². The van der Waals surface area contributed by atoms with Crippen LogP contribution in [0.25, 0.3) is 0 Å². The highest BCUT2D eigenvalue weighted by Crippen LogP contribution is 2.27. The van der Waals surface area contributed by atoms with Gasteiger partial charge in [-0.25, -0.2) is 0 Å². The molecule has 102 valence electrons. The Bertz CT molecular complexity index is 393. The predicted molar refractivity (Wildman–Crippen MR) is 61.7 cm³/mol. The zero-order chi connectivity index (χ0) is 13.8. The first kappa shape index (κ1) is 14.6. The van der Waals surface area contributed by atoms with Crippen LogP contribution in [-0.4, -0.2) is 36.9 Å². The van der Waals surface area contributed by atoms with Crippen molar-refractivity contribution in [3.8, 4) is 11.5 Å². The van der Waals surface area contributed by atoms with Crippen molar-refractivity contribution in [1.82, 2.24) is 4.90 Å². The SMILES string of the molecule is COc1ccc(CN(C)CCC(F)(F)F)cc1O. The van der Waals surface area contributed by atoms with E-state index in [-0.39, 0.29) is 12.3 Å². The Balaban J connectivity index is 2.54. The van der Waals surface area contributed by atoms with Gasteiger partial charge < -0.3 is 14.7 Å². The lowest BCUT2D eigenvalue weighted by Gasteiger charge is -2.18. The fourth-order valence-corrected chi connectivity index (χ4v) is 1.54. The molecule has 0 aliphatic rings. The third-order valence-electron chi connectivity index (χ3n) is 2.47. The summed E-state index contributed by atoms with van der Waals surface area (Å²) in [5.41, 5.74) is 0.734. The van der Waals surface area contributed by atoms with Gasteiger partial charge in [0, 0.05) is 13.1 Å². The Morgan fingerprint density at radius 1 is 1.33 bits per heavy atom. The van der Waals surface area contributed by atoms with Crippen molar-refractivity contribution in [3.63, 3.8) is 0 Å². The summed E-state index contributed by atoms with van der Waals surface area (Å²) in [5.74, 6) is 0.330. The van der Waals surface area contributed by atoms with Crippen molar-refractivity contribution < 1.29 is 23.0 Å². The van der Waals surface area contributed by atoms with E-state index in [4.69, 9.17) is 4.74 Å². The molecule has 1 rings (SSSR count). The fraction of sp³-hybridized carbons (Fsp3) is 0.500. The van der Waals surface area contributed by atoms with Crippen molar-refractivity contribution in [3.05, 3.63) is 23.8 Å². The molecule has 1 N–H and O–H groups in total. The summed E-state index contributed by atoms with van der Waals surface area (Å²) in [4.78, 5) is 1.55. The number of alkyl halides is 3. The Kier molecular flexibility index (Phi) is 4.84. The molecule has 0 aliphatic carbocycles. The lowest BCUT2D eigenvalue weighted by Crippen LogP contribution is -2.24. The topological polar surface area (TPSA) is 32.7 Å². The second-order valence-corrected chi connectivity index (χ2v) is 4.11. The van der Waals surface area contributed by atoms with Crippen LogP contribution >= 0.6 is 0 Å². The van der Waals surface area contributed by atoms with Crippen LogP contribution in [0, 0.1) is 0 Å². The van der Waals surface area contributed by atoms with E-state index in [2.05, 4.69) is 0 Å². The number of phenolic OH excluding ortho intramolecular Hbond substituents is 1. The maximum atomic E-state index is 12.0. The summed E-state index contributed by atoms with van der Waals surface area (Å²) in [5, 5.41) is 9.54. The summed E-state index contributed by atoms with van der Waals surface area (Å²) < 4.78 is 41.0. The van der Waals surface area contributed by atoms with E-state index in [0.717, 1.165) is 5.56 Å². The largest absolute Gasteiger partial charge is 0.504 e. The summed E-state index contributed by atoms with van der Waals surface area (Å²) >= 11 is 0. The average Bonchev–Trinajstić information content (AvgIpc) is 2.26. The smallest absolute Gasteiger partial charge is 0.390 e. The molecule has 0 bridgehead atoms. The number of halogens is 3. The summed E-state index contributed by atoms with van der Waals surface area (Å²) in [6, 6.07) is 4.79. The number of ether oxygens (including phenoxy) is 1. The fourth-order valence-electron chi connectivity index (χ4n) is 1.54. The third-order valence-corrected chi connectivity index (χ3v) is 2.47. The normalized spacial score (nSPS) is 11.9. The molecule has 0 unspecified atom stereocenters. The van der Waals surface area contributed by atoms with Crippen molar-refractivity contribution in [2.45, 2.75) is 19.1 Å². The molecular formula is C12H16F3NO2. The molecule has 0 heterocycles. The third kappa shape index (κ3) is 4.83. The van der Waals surface area contributed by atoms with Crippen LogP contribution in [0.5, 0.6) is 11.5 Å². The van der Waals surface area contributed by atoms with E-state index in [1.165, 1.54) is 13.2 Å². The van der Waals surface area contributed by atoms with Crippen LogP contribution in [0.4, 0.5) is 13.2 Å². The zero-order valence-corrected chi connectivity index (χ0v) is 10.3. The van der Waals surface area contributed by atoms with Crippen LogP contribution in [0.1, 0.15) is 12.0 Å². The number of hydrogen-bond acceptors (Lipinski definition) is 3. The molecule has 6 heteroatoms. The second kappa shape index (κ2) is 5.95. The number of nitrogens with zero attached hydrogens (tertiary/aromatic N) is 1. The van der Waals surface area contributed by atoms with E-state index in [0.29, 0.717) is 12.3 Å². The molecule has 1 aromatic rings. The highest BCUT2D eigenvalue weighted by atomic mass is 19.4. The standard InChI is InChI=1S/C12H16F3NO2/c1-16(6-5-12(13,14)15)8-9-3-4-11(18-2)10(17)7-9/h3-4,7,17H,5-6,8H2,1-2H3. The number of rotatable bonds is 5. The van der Waals surface area contributed by atoms with Crippen molar-refractivity contribution in [2.75, 3.05) is 20.7 Å². The maximum Gasteiger partial charge on any atom is 0.390 e. The minimum absolute atomic E-state index is 0.0146. The minimum Gasteiger partial charge on any atom is -0.504 e. The first-order valence-electron chi connectivity index (χ1n) is 5.43. The molecule has 3 nitrogen and oxygen atoms in total. The Morgan fingerprint density at radius 2 is 2.00 bits per heavy atom. The molecule has 18 heavy (non-hydrogen) atoms. The summed E-state index contributed by atoms with van der Waals surface area (Å²) in [6.45, 7) is 0.268. The van der Waals surface area contributed by atoms with Gasteiger partial charge in [0.05, 0.1) is 13.5 Å². The number of methoxy groups -OCH3 is 1. The predicted octanol–water partition coefficient (Wildman–Crippen LogP) is 2.79. The summed E-state index contributed by atoms with van der Waals surface area (Å²) in [6.07, 6.45) is -4.98. The van der Waals surface area contributed by atoms with Gasteiger partial charge in [0.2, 0.25) is 0 Å². The van der Waals surface area contributed by atoms with Gasteiger partial charge >= 0.3 is 6.18 Å². The Morgan fingerprint density at radius 3 is 2.50 bits per heavy atom. The van der Waals surface area contributed by atoms with Crippen molar-refractivity contribution in [2.24, 2.45) is 0 Å². The van der Waals surface area contributed by atoms with E-state index < -0.39 is 12.6 Å². The van der Waals surface area contributed by atoms with Crippen LogP contribution in [0.3, 0.4) is 0 Å². The molecule has 0 fully saturated rings. The van der Waals surface area contributed by atoms with E-state index >= 15 is 0 Å². The summed E-state index contributed by atoms with van der Waals surface area (Å²) in [7, 11) is 3.04. The monoisotopic (exact) mass is 263 g/mol. The quantitative estimate of drug-likeness (QED) is 0.886. The number of phenols is 1. The highest BCUT2D eigenvalue weighted by molar-refractivity contribution is 5.41. The van der Waals surface area contributed by atoms with Crippen LogP contribution < -0.4 is 4.74 Å². The molecule has 0 aromatic heterocycles. The number of aromatic hydroxyl groups is 1. The lowest BCUT2D eigenvalue weighted by molar-refractivity contribution is -0.137. The molecule has 0 radical (unpaired) electrons. The van der Waals surface area contributed by atoms with Gasteiger partial charge in [-0.05, 0) is 24.7 Å². The van der Waals surface area contributed by atoms with Gasteiger partial charge in [0.1, 0.15) is 0 Å². The average molecular weight is 263 g/mol. The van der Waals surface area contributed by atoms with Crippen LogP contribution in [0.15, 0.2) is 18.2 Å². The molecule has 1 aromatic carbocycles. The first-order chi connectivity index (χ1) is 8.31. The Labute approximate surface area is 104 Å². The molecular weight excluding hydrogens is 247 g/mol. The van der Waals surface area contributed by atoms with Gasteiger partial charge in [0.25, 0.3) is 0 Å². The van der Waals surface area contributed by atoms with Gasteiger partial charge in [-0.3, -0.25) is 0 Å². The van der Waals surface area contributed by atoms with Crippen molar-refractivity contribution in [1.29, 1.82) is 0 Å². The molecule has 0 saturated carbocycles. The van der Waals surface area contributed by atoms with E-state index in [9.17, 15) is 18.3 Å². The maximum absolute atomic E-state index is 12.0. The molecule has 0 atom stereocenters. The van der Waals surface area contributed by atoms with Gasteiger partial charge in [-0.15, -0.1) is 0 Å². The van der Waals surface area contributed by atoms with Crippen LogP contribution in [-0.2, 0) is 6.54 Å². The highest BCUT2D eigenvalue weighted by Gasteiger charge is 2.27. The molecule has 0 saturated heterocycles. The Hall–Kier alpha value is -1.43. The molecule has 0 aliphatic heterocycles. The lowest BCUT2D eigenvalue weighted by atomic mass is 10.2. The minimum atomic E-state index is -4.14. The van der Waals surface area contributed by atoms with Crippen LogP contribution in [0.2, 0.25) is 0 Å². The van der Waals surface area contributed by atoms with E-state index in [1.54, 1.807) is 24.1 Å². The van der Waals surface area contributed by atoms with Crippen molar-refractivity contribution >= 4 is 0 Å². The molecule has 0 spiro atoms. The van der Waals surface area contributed by atoms with Gasteiger partial charge in [-0.2, -0.15) is 13.2 Å². The first-order valence-corrected chi connectivity index (χ1v) is 5.43. The van der Waals surface area contributed by atoms with Gasteiger partial charge in [-0.1, -0.05) is 6.07 Å².